The fourth-order valence-electron chi connectivity index (χ4n) is 3.47. The van der Waals surface area contributed by atoms with Crippen LogP contribution in [0.1, 0.15) is 18.1 Å². The highest BCUT2D eigenvalue weighted by molar-refractivity contribution is 6.07. The van der Waals surface area contributed by atoms with E-state index in [2.05, 4.69) is 5.32 Å². The van der Waals surface area contributed by atoms with Gasteiger partial charge in [-0.25, -0.2) is 4.79 Å². The van der Waals surface area contributed by atoms with Crippen molar-refractivity contribution in [1.82, 2.24) is 10.2 Å². The molecule has 27 heavy (non-hydrogen) atoms. The quantitative estimate of drug-likeness (QED) is 0.835. The summed E-state index contributed by atoms with van der Waals surface area (Å²) in [5.74, 6) is 2.12. The van der Waals surface area contributed by atoms with Crippen LogP contribution >= 0.6 is 0 Å². The van der Waals surface area contributed by atoms with Gasteiger partial charge in [0, 0.05) is 0 Å². The molecular formula is C19H16N2O6. The summed E-state index contributed by atoms with van der Waals surface area (Å²) in [7, 11) is 0. The van der Waals surface area contributed by atoms with Crippen molar-refractivity contribution in [2.24, 2.45) is 0 Å². The molecule has 0 aromatic heterocycles. The third-order valence-electron chi connectivity index (χ3n) is 5.00. The minimum Gasteiger partial charge on any atom is -0.454 e. The topological polar surface area (TPSA) is 86.3 Å². The number of nitrogens with one attached hydrogen (secondary N) is 1. The Morgan fingerprint density at radius 1 is 0.926 bits per heavy atom. The molecule has 3 aliphatic heterocycles. The molecule has 2 aromatic rings. The van der Waals surface area contributed by atoms with Gasteiger partial charge in [-0.3, -0.25) is 9.69 Å². The zero-order valence-electron chi connectivity index (χ0n) is 14.5. The van der Waals surface area contributed by atoms with Crippen LogP contribution in [0.3, 0.4) is 0 Å². The summed E-state index contributed by atoms with van der Waals surface area (Å²) >= 11 is 0. The largest absolute Gasteiger partial charge is 0.454 e. The van der Waals surface area contributed by atoms with Crippen molar-refractivity contribution in [2.75, 3.05) is 13.6 Å². The molecule has 8 heteroatoms. The number of nitrogens with zero attached hydrogens (tertiary/aromatic N) is 1. The SMILES string of the molecule is C[C@]1(c2ccc3c(c2)OCO3)NC(=O)N(Cc2ccc3c(c2)OCO3)C1=O. The highest BCUT2D eigenvalue weighted by Crippen LogP contribution is 2.38. The van der Waals surface area contributed by atoms with Gasteiger partial charge in [0.1, 0.15) is 5.54 Å². The second-order valence-electron chi connectivity index (χ2n) is 6.70. The molecule has 3 heterocycles. The van der Waals surface area contributed by atoms with Gasteiger partial charge in [-0.15, -0.1) is 0 Å². The summed E-state index contributed by atoms with van der Waals surface area (Å²) in [6, 6.07) is 10.1. The van der Waals surface area contributed by atoms with Crippen LogP contribution in [0.2, 0.25) is 0 Å². The van der Waals surface area contributed by atoms with E-state index in [1.807, 2.05) is 6.07 Å². The minimum atomic E-state index is -1.17. The van der Waals surface area contributed by atoms with Gasteiger partial charge in [-0.2, -0.15) is 0 Å². The van der Waals surface area contributed by atoms with E-state index in [9.17, 15) is 9.59 Å². The van der Waals surface area contributed by atoms with Crippen LogP contribution in [0.4, 0.5) is 4.79 Å². The maximum absolute atomic E-state index is 13.1. The Bertz CT molecular complexity index is 975. The molecule has 1 N–H and O–H groups in total. The first-order chi connectivity index (χ1) is 13.0. The van der Waals surface area contributed by atoms with Crippen LogP contribution in [0, 0.1) is 0 Å². The van der Waals surface area contributed by atoms with E-state index in [1.165, 1.54) is 4.90 Å². The summed E-state index contributed by atoms with van der Waals surface area (Å²) in [5, 5.41) is 2.80. The summed E-state index contributed by atoms with van der Waals surface area (Å²) in [5.41, 5.74) is 0.241. The molecule has 3 amide bonds. The molecule has 0 bridgehead atoms. The number of carbonyl (C=O) groups excluding carboxylic acids is 2. The molecule has 8 nitrogen and oxygen atoms in total. The third-order valence-corrected chi connectivity index (χ3v) is 5.00. The van der Waals surface area contributed by atoms with Gasteiger partial charge in [0.15, 0.2) is 23.0 Å². The molecule has 0 aliphatic carbocycles. The second kappa shape index (κ2) is 5.54. The Morgan fingerprint density at radius 3 is 2.30 bits per heavy atom. The molecule has 1 fully saturated rings. The highest BCUT2D eigenvalue weighted by atomic mass is 16.7. The number of amides is 3. The first kappa shape index (κ1) is 15.8. The van der Waals surface area contributed by atoms with E-state index < -0.39 is 11.6 Å². The number of benzene rings is 2. The normalized spacial score (nSPS) is 22.3. The average Bonchev–Trinajstić information content (AvgIpc) is 3.36. The van der Waals surface area contributed by atoms with Crippen LogP contribution in [0.15, 0.2) is 36.4 Å². The molecule has 1 saturated heterocycles. The lowest BCUT2D eigenvalue weighted by Crippen LogP contribution is -2.40. The van der Waals surface area contributed by atoms with Gasteiger partial charge in [0.05, 0.1) is 6.54 Å². The van der Waals surface area contributed by atoms with Crippen molar-refractivity contribution in [3.63, 3.8) is 0 Å². The maximum atomic E-state index is 13.1. The monoisotopic (exact) mass is 368 g/mol. The van der Waals surface area contributed by atoms with Crippen LogP contribution in [-0.4, -0.2) is 30.4 Å². The van der Waals surface area contributed by atoms with Gasteiger partial charge in [0.2, 0.25) is 13.6 Å². The maximum Gasteiger partial charge on any atom is 0.325 e. The number of carbonyl (C=O) groups is 2. The van der Waals surface area contributed by atoms with Crippen molar-refractivity contribution in [3.05, 3.63) is 47.5 Å². The van der Waals surface area contributed by atoms with E-state index in [4.69, 9.17) is 18.9 Å². The summed E-state index contributed by atoms with van der Waals surface area (Å²) in [4.78, 5) is 26.8. The molecule has 3 aliphatic rings. The Morgan fingerprint density at radius 2 is 1.56 bits per heavy atom. The van der Waals surface area contributed by atoms with Crippen LogP contribution in [0.25, 0.3) is 0 Å². The number of fused-ring (bicyclic) bond motifs is 2. The van der Waals surface area contributed by atoms with E-state index in [1.54, 1.807) is 37.3 Å². The van der Waals surface area contributed by atoms with Gasteiger partial charge >= 0.3 is 6.03 Å². The van der Waals surface area contributed by atoms with Crippen LogP contribution in [0.5, 0.6) is 23.0 Å². The molecule has 5 rings (SSSR count). The Kier molecular flexibility index (Phi) is 3.24. The predicted molar refractivity (Wildman–Crippen MR) is 91.6 cm³/mol. The van der Waals surface area contributed by atoms with Crippen molar-refractivity contribution in [1.29, 1.82) is 0 Å². The second-order valence-corrected chi connectivity index (χ2v) is 6.70. The number of rotatable bonds is 3. The van der Waals surface area contributed by atoms with Crippen molar-refractivity contribution in [2.45, 2.75) is 19.0 Å². The number of urea groups is 1. The molecule has 138 valence electrons. The number of imide groups is 1. The predicted octanol–water partition coefficient (Wildman–Crippen LogP) is 2.11. The molecular weight excluding hydrogens is 352 g/mol. The molecule has 0 unspecified atom stereocenters. The zero-order chi connectivity index (χ0) is 18.6. The molecule has 0 spiro atoms. The van der Waals surface area contributed by atoms with E-state index in [0.717, 1.165) is 5.56 Å². The molecule has 2 aromatic carbocycles. The number of ether oxygens (including phenoxy) is 4. The smallest absolute Gasteiger partial charge is 0.325 e. The molecule has 1 atom stereocenters. The van der Waals surface area contributed by atoms with Crippen molar-refractivity contribution in [3.8, 4) is 23.0 Å². The van der Waals surface area contributed by atoms with E-state index >= 15 is 0 Å². The summed E-state index contributed by atoms with van der Waals surface area (Å²) in [6.45, 7) is 2.14. The number of hydrogen-bond acceptors (Lipinski definition) is 6. The average molecular weight is 368 g/mol. The van der Waals surface area contributed by atoms with Gasteiger partial charge in [-0.05, 0) is 42.3 Å². The number of hydrogen-bond donors (Lipinski definition) is 1. The fourth-order valence-corrected chi connectivity index (χ4v) is 3.47. The summed E-state index contributed by atoms with van der Waals surface area (Å²) in [6.07, 6.45) is 0. The lowest BCUT2D eigenvalue weighted by atomic mass is 9.91. The Hall–Kier alpha value is -3.42. The fraction of sp³-hybridized carbons (Fsp3) is 0.263. The lowest BCUT2D eigenvalue weighted by molar-refractivity contribution is -0.131. The van der Waals surface area contributed by atoms with Gasteiger partial charge in [-0.1, -0.05) is 12.1 Å². The summed E-state index contributed by atoms with van der Waals surface area (Å²) < 4.78 is 21.3. The van der Waals surface area contributed by atoms with Crippen LogP contribution < -0.4 is 24.3 Å². The first-order valence-corrected chi connectivity index (χ1v) is 8.47. The Labute approximate surface area is 154 Å². The van der Waals surface area contributed by atoms with Gasteiger partial charge < -0.3 is 24.3 Å². The van der Waals surface area contributed by atoms with Crippen molar-refractivity contribution < 1.29 is 28.5 Å². The third kappa shape index (κ3) is 2.37. The molecule has 0 saturated carbocycles. The highest BCUT2D eigenvalue weighted by Gasteiger charge is 2.49. The first-order valence-electron chi connectivity index (χ1n) is 8.47. The van der Waals surface area contributed by atoms with Crippen LogP contribution in [-0.2, 0) is 16.9 Å². The zero-order valence-corrected chi connectivity index (χ0v) is 14.5. The lowest BCUT2D eigenvalue weighted by Gasteiger charge is -2.22. The minimum absolute atomic E-state index is 0.140. The van der Waals surface area contributed by atoms with E-state index in [-0.39, 0.29) is 26.0 Å². The van der Waals surface area contributed by atoms with Crippen molar-refractivity contribution >= 4 is 11.9 Å². The van der Waals surface area contributed by atoms with E-state index in [0.29, 0.717) is 28.6 Å². The van der Waals surface area contributed by atoms with Gasteiger partial charge in [0.25, 0.3) is 5.91 Å². The Balaban J connectivity index is 1.42. The molecule has 0 radical (unpaired) electrons. The standard InChI is InChI=1S/C19H16N2O6/c1-19(12-3-5-14-16(7-12)27-10-25-14)17(22)21(18(23)20-19)8-11-2-4-13-15(6-11)26-9-24-13/h2-7H,8-10H2,1H3,(H,20,23)/t19-/m1/s1.